The second kappa shape index (κ2) is 14.7. The van der Waals surface area contributed by atoms with Gasteiger partial charge in [0.1, 0.15) is 34.4 Å². The van der Waals surface area contributed by atoms with Crippen molar-refractivity contribution in [1.82, 2.24) is 19.9 Å². The topological polar surface area (TPSA) is 128 Å². The van der Waals surface area contributed by atoms with Gasteiger partial charge in [0.25, 0.3) is 11.6 Å². The van der Waals surface area contributed by atoms with Gasteiger partial charge in [-0.15, -0.1) is 0 Å². The van der Waals surface area contributed by atoms with Crippen molar-refractivity contribution in [3.8, 4) is 67.5 Å². The van der Waals surface area contributed by atoms with Crippen LogP contribution < -0.4 is 18.9 Å². The number of benzene rings is 4. The quantitative estimate of drug-likeness (QED) is 0.146. The zero-order valence-corrected chi connectivity index (χ0v) is 32.0. The molecule has 0 saturated carbocycles. The van der Waals surface area contributed by atoms with E-state index in [1.807, 2.05) is 133 Å². The number of H-pyrrole nitrogens is 2. The predicted octanol–water partition coefficient (Wildman–Crippen LogP) is 10.3. The van der Waals surface area contributed by atoms with E-state index in [9.17, 15) is 9.59 Å². The fourth-order valence-electron chi connectivity index (χ4n) is 7.53. The van der Waals surface area contributed by atoms with Gasteiger partial charge < -0.3 is 28.9 Å². The first kappa shape index (κ1) is 35.9. The molecule has 2 N–H and O–H groups in total. The third-order valence-electron chi connectivity index (χ3n) is 10.4. The smallest absolute Gasteiger partial charge is 0.254 e. The Balaban J connectivity index is 1.47. The van der Waals surface area contributed by atoms with Crippen molar-refractivity contribution in [2.45, 2.75) is 0 Å². The van der Waals surface area contributed by atoms with E-state index in [0.717, 1.165) is 44.7 Å². The van der Waals surface area contributed by atoms with Gasteiger partial charge in [0.2, 0.25) is 0 Å². The van der Waals surface area contributed by atoms with Gasteiger partial charge >= 0.3 is 0 Å². The van der Waals surface area contributed by atoms with Gasteiger partial charge in [0.15, 0.2) is 0 Å². The molecule has 8 bridgehead atoms. The number of hydrogen-bond acceptors (Lipinski definition) is 8. The molecule has 3 aromatic heterocycles. The van der Waals surface area contributed by atoms with Crippen molar-refractivity contribution in [1.29, 1.82) is 0 Å². The summed E-state index contributed by atoms with van der Waals surface area (Å²) in [6.45, 7) is 0. The Labute approximate surface area is 333 Å². The van der Waals surface area contributed by atoms with Crippen LogP contribution in [-0.2, 0) is 0 Å². The van der Waals surface area contributed by atoms with Crippen LogP contribution in [-0.4, -0.2) is 59.9 Å². The number of hydrogen-bond donors (Lipinski definition) is 2. The largest absolute Gasteiger partial charge is 0.497 e. The second-order valence-corrected chi connectivity index (χ2v) is 13.7. The summed E-state index contributed by atoms with van der Waals surface area (Å²) in [5.41, 5.74) is 9.82. The first-order valence-corrected chi connectivity index (χ1v) is 18.5. The van der Waals surface area contributed by atoms with Crippen LogP contribution in [0.25, 0.3) is 78.7 Å². The number of carbonyl (C=O) groups is 2. The Morgan fingerprint density at radius 1 is 0.362 bits per heavy atom. The number of nitrogens with one attached hydrogen (secondary N) is 2. The van der Waals surface area contributed by atoms with E-state index in [0.29, 0.717) is 56.3 Å². The molecular formula is C48H36N4O6. The summed E-state index contributed by atoms with van der Waals surface area (Å²) in [6, 6.07) is 38.0. The third kappa shape index (κ3) is 6.26. The van der Waals surface area contributed by atoms with Crippen molar-refractivity contribution < 1.29 is 28.5 Å². The lowest BCUT2D eigenvalue weighted by molar-refractivity contribution is 0.0826. The van der Waals surface area contributed by atoms with E-state index in [4.69, 9.17) is 28.9 Å². The van der Waals surface area contributed by atoms with Gasteiger partial charge in [-0.25, -0.2) is 9.97 Å². The second-order valence-electron chi connectivity index (χ2n) is 13.7. The van der Waals surface area contributed by atoms with E-state index >= 15 is 0 Å². The van der Waals surface area contributed by atoms with Gasteiger partial charge in [0.05, 0.1) is 39.8 Å². The van der Waals surface area contributed by atoms with E-state index in [1.165, 1.54) is 0 Å². The molecule has 9 rings (SSSR count). The fraction of sp³-hybridized carbons (Fsp3) is 0.0833. The standard InChI is InChI=1S/C48H36N4O6/c1-55-31-13-5-27(6-14-31)41-35-21-22-36(49-35)42(28-7-15-32(56-2)16-8-28)38-24-26-40(51-38)44(30-11-19-34(58-4)20-12-30)46-48(54)47(53)45(52-46)43(39-25-23-37(41)50-39)29-9-17-33(57-3)18-10-29/h5-26,50-51H,1-4H3. The Bertz CT molecular complexity index is 2750. The highest BCUT2D eigenvalue weighted by Crippen LogP contribution is 2.39. The number of aromatic amines is 2. The van der Waals surface area contributed by atoms with Crippen LogP contribution in [0, 0.1) is 0 Å². The lowest BCUT2D eigenvalue weighted by Crippen LogP contribution is -2.09. The molecule has 58 heavy (non-hydrogen) atoms. The Hall–Kier alpha value is -7.72. The van der Waals surface area contributed by atoms with Gasteiger partial charge in [-0.3, -0.25) is 9.59 Å². The molecule has 7 aromatic rings. The summed E-state index contributed by atoms with van der Waals surface area (Å²) < 4.78 is 21.9. The number of ether oxygens (including phenoxy) is 4. The summed E-state index contributed by atoms with van der Waals surface area (Å²) in [5.74, 6) is 1.29. The molecule has 0 aliphatic carbocycles. The van der Waals surface area contributed by atoms with Crippen molar-refractivity contribution in [3.05, 3.63) is 144 Å². The van der Waals surface area contributed by atoms with Gasteiger partial charge in [-0.1, -0.05) is 48.5 Å². The molecule has 10 heteroatoms. The minimum absolute atomic E-state index is 0.0219. The van der Waals surface area contributed by atoms with Crippen LogP contribution in [0.15, 0.2) is 121 Å². The van der Waals surface area contributed by atoms with E-state index in [1.54, 1.807) is 28.4 Å². The molecule has 0 radical (unpaired) electrons. The summed E-state index contributed by atoms with van der Waals surface area (Å²) in [4.78, 5) is 46.2. The minimum Gasteiger partial charge on any atom is -0.497 e. The van der Waals surface area contributed by atoms with Crippen molar-refractivity contribution in [2.24, 2.45) is 0 Å². The molecule has 0 unspecified atom stereocenters. The highest BCUT2D eigenvalue weighted by atomic mass is 16.5. The van der Waals surface area contributed by atoms with Crippen LogP contribution >= 0.6 is 0 Å². The number of fused-ring (bicyclic) bond motifs is 8. The van der Waals surface area contributed by atoms with Crippen LogP contribution in [0.1, 0.15) is 32.4 Å². The van der Waals surface area contributed by atoms with Gasteiger partial charge in [-0.2, -0.15) is 0 Å². The maximum Gasteiger partial charge on any atom is 0.254 e. The van der Waals surface area contributed by atoms with Gasteiger partial charge in [-0.05, 0) is 107 Å². The minimum atomic E-state index is -0.717. The number of carbonyl (C=O) groups excluding carboxylic acids is 2. The first-order valence-electron chi connectivity index (χ1n) is 18.5. The number of Topliss-reactive ketones (excluding diaryl/α,β-unsaturated/α-hetero) is 2. The fourth-order valence-corrected chi connectivity index (χ4v) is 7.53. The summed E-state index contributed by atoms with van der Waals surface area (Å²) in [7, 11) is 6.45. The van der Waals surface area contributed by atoms with Gasteiger partial charge in [0, 0.05) is 44.3 Å². The molecular weight excluding hydrogens is 729 g/mol. The third-order valence-corrected chi connectivity index (χ3v) is 10.4. The summed E-state index contributed by atoms with van der Waals surface area (Å²) >= 11 is 0. The molecule has 4 aromatic carbocycles. The highest BCUT2D eigenvalue weighted by molar-refractivity contribution is 6.52. The maximum atomic E-state index is 14.4. The zero-order chi connectivity index (χ0) is 39.9. The SMILES string of the molecule is COc1ccc(-c2c3nc(c(-c4ccc(OC)cc4)c4ccc([nH]4)c(-c4ccc(OC)cc4)c4nc(c(-c5ccc(OC)cc5)c5ccc2[nH]5)C(=O)C4=O)C=C3)cc1. The number of rotatable bonds is 8. The molecule has 10 nitrogen and oxygen atoms in total. The number of ketones is 2. The first-order chi connectivity index (χ1) is 28.4. The number of methoxy groups -OCH3 is 4. The lowest BCUT2D eigenvalue weighted by atomic mass is 9.99. The molecule has 0 atom stereocenters. The zero-order valence-electron chi connectivity index (χ0n) is 32.0. The summed E-state index contributed by atoms with van der Waals surface area (Å²) in [5, 5.41) is 0. The van der Waals surface area contributed by atoms with Crippen molar-refractivity contribution in [3.63, 3.8) is 0 Å². The Morgan fingerprint density at radius 3 is 0.931 bits per heavy atom. The average Bonchev–Trinajstić information content (AvgIpc) is 4.10. The molecule has 0 spiro atoms. The molecule has 0 saturated heterocycles. The molecule has 0 amide bonds. The Kier molecular flexibility index (Phi) is 9.14. The van der Waals surface area contributed by atoms with E-state index in [2.05, 4.69) is 9.97 Å². The van der Waals surface area contributed by atoms with Crippen LogP contribution in [0.2, 0.25) is 0 Å². The van der Waals surface area contributed by atoms with Crippen LogP contribution in [0.5, 0.6) is 23.0 Å². The normalized spacial score (nSPS) is 12.1. The van der Waals surface area contributed by atoms with E-state index < -0.39 is 11.6 Å². The molecule has 284 valence electrons. The maximum absolute atomic E-state index is 14.4. The lowest BCUT2D eigenvalue weighted by Gasteiger charge is -2.08. The molecule has 2 aliphatic rings. The van der Waals surface area contributed by atoms with Crippen LogP contribution in [0.4, 0.5) is 0 Å². The van der Waals surface area contributed by atoms with Crippen molar-refractivity contribution >= 4 is 45.8 Å². The predicted molar refractivity (Wildman–Crippen MR) is 227 cm³/mol. The van der Waals surface area contributed by atoms with Crippen LogP contribution in [0.3, 0.4) is 0 Å². The molecule has 0 fully saturated rings. The molecule has 5 heterocycles. The van der Waals surface area contributed by atoms with Crippen molar-refractivity contribution in [2.75, 3.05) is 28.4 Å². The molecule has 2 aliphatic heterocycles. The average molecular weight is 765 g/mol. The number of aromatic nitrogens is 4. The monoisotopic (exact) mass is 764 g/mol. The van der Waals surface area contributed by atoms with E-state index in [-0.39, 0.29) is 11.4 Å². The number of nitrogens with zero attached hydrogens (tertiary/aromatic N) is 2. The summed E-state index contributed by atoms with van der Waals surface area (Å²) in [6.07, 6.45) is 4.02. The Morgan fingerprint density at radius 2 is 0.638 bits per heavy atom. The highest BCUT2D eigenvalue weighted by Gasteiger charge is 2.34.